The Morgan fingerprint density at radius 3 is 2.50 bits per heavy atom. The summed E-state index contributed by atoms with van der Waals surface area (Å²) in [6.07, 6.45) is 0.838. The van der Waals surface area contributed by atoms with Crippen molar-refractivity contribution in [3.05, 3.63) is 35.4 Å². The summed E-state index contributed by atoms with van der Waals surface area (Å²) >= 11 is 0. The minimum atomic E-state index is -0.903. The number of benzene rings is 1. The van der Waals surface area contributed by atoms with E-state index >= 15 is 0 Å². The lowest BCUT2D eigenvalue weighted by Gasteiger charge is -2.13. The number of methoxy groups -OCH3 is 1. The van der Waals surface area contributed by atoms with Gasteiger partial charge in [0.2, 0.25) is 0 Å². The smallest absolute Gasteiger partial charge is 0.159 e. The van der Waals surface area contributed by atoms with Crippen molar-refractivity contribution in [2.45, 2.75) is 12.5 Å². The van der Waals surface area contributed by atoms with Crippen molar-refractivity contribution in [1.29, 1.82) is 0 Å². The third kappa shape index (κ3) is 6.38. The molecule has 0 aliphatic heterocycles. The van der Waals surface area contributed by atoms with Crippen molar-refractivity contribution in [3.63, 3.8) is 0 Å². The van der Waals surface area contributed by atoms with Gasteiger partial charge in [0.15, 0.2) is 11.6 Å². The van der Waals surface area contributed by atoms with Crippen molar-refractivity contribution in [2.24, 2.45) is 5.73 Å². The first-order chi connectivity index (χ1) is 9.65. The Hall–Kier alpha value is -1.08. The summed E-state index contributed by atoms with van der Waals surface area (Å²) in [7, 11) is 1.64. The zero-order valence-corrected chi connectivity index (χ0v) is 11.6. The maximum absolute atomic E-state index is 13.0. The SMILES string of the molecule is COCCCOCCOCC(N)c1ccc(F)c(F)c1. The molecule has 0 spiro atoms. The highest BCUT2D eigenvalue weighted by Gasteiger charge is 2.09. The van der Waals surface area contributed by atoms with Gasteiger partial charge in [0.25, 0.3) is 0 Å². The van der Waals surface area contributed by atoms with E-state index in [0.717, 1.165) is 18.6 Å². The molecule has 4 nitrogen and oxygen atoms in total. The number of rotatable bonds is 10. The number of halogens is 2. The van der Waals surface area contributed by atoms with Crippen molar-refractivity contribution in [2.75, 3.05) is 40.1 Å². The summed E-state index contributed by atoms with van der Waals surface area (Å²) < 4.78 is 41.3. The fourth-order valence-electron chi connectivity index (χ4n) is 1.57. The molecule has 20 heavy (non-hydrogen) atoms. The fourth-order valence-corrected chi connectivity index (χ4v) is 1.57. The summed E-state index contributed by atoms with van der Waals surface area (Å²) in [5.74, 6) is -1.79. The lowest BCUT2D eigenvalue weighted by molar-refractivity contribution is 0.0355. The van der Waals surface area contributed by atoms with E-state index < -0.39 is 17.7 Å². The van der Waals surface area contributed by atoms with E-state index in [1.807, 2.05) is 0 Å². The highest BCUT2D eigenvalue weighted by atomic mass is 19.2. The van der Waals surface area contributed by atoms with Crippen LogP contribution in [0.2, 0.25) is 0 Å². The van der Waals surface area contributed by atoms with Gasteiger partial charge in [-0.3, -0.25) is 0 Å². The Labute approximate surface area is 117 Å². The summed E-state index contributed by atoms with van der Waals surface area (Å²) in [6, 6.07) is 3.11. The van der Waals surface area contributed by atoms with E-state index in [1.165, 1.54) is 6.07 Å². The summed E-state index contributed by atoms with van der Waals surface area (Å²) in [5.41, 5.74) is 6.33. The molecule has 1 aromatic rings. The molecule has 1 atom stereocenters. The largest absolute Gasteiger partial charge is 0.385 e. The average Bonchev–Trinajstić information content (AvgIpc) is 2.44. The van der Waals surface area contributed by atoms with E-state index in [1.54, 1.807) is 7.11 Å². The molecule has 0 aliphatic rings. The summed E-state index contributed by atoms with van der Waals surface area (Å²) in [5, 5.41) is 0. The molecule has 1 unspecified atom stereocenters. The van der Waals surface area contributed by atoms with E-state index in [9.17, 15) is 8.78 Å². The minimum Gasteiger partial charge on any atom is -0.385 e. The molecule has 114 valence electrons. The van der Waals surface area contributed by atoms with Gasteiger partial charge in [-0.1, -0.05) is 6.07 Å². The third-order valence-electron chi connectivity index (χ3n) is 2.68. The van der Waals surface area contributed by atoms with Crippen LogP contribution in [0.3, 0.4) is 0 Å². The molecule has 0 saturated carbocycles. The Bertz CT molecular complexity index is 391. The van der Waals surface area contributed by atoms with E-state index in [2.05, 4.69) is 0 Å². The monoisotopic (exact) mass is 289 g/mol. The maximum Gasteiger partial charge on any atom is 0.159 e. The van der Waals surface area contributed by atoms with Gasteiger partial charge in [-0.15, -0.1) is 0 Å². The molecular weight excluding hydrogens is 268 g/mol. The quantitative estimate of drug-likeness (QED) is 0.670. The lowest BCUT2D eigenvalue weighted by atomic mass is 10.1. The first-order valence-electron chi connectivity index (χ1n) is 6.50. The molecule has 0 aliphatic carbocycles. The number of nitrogens with two attached hydrogens (primary N) is 1. The van der Waals surface area contributed by atoms with Crippen LogP contribution in [0.15, 0.2) is 18.2 Å². The summed E-state index contributed by atoms with van der Waals surface area (Å²) in [6.45, 7) is 2.39. The molecule has 1 rings (SSSR count). The van der Waals surface area contributed by atoms with Crippen LogP contribution < -0.4 is 5.73 Å². The summed E-state index contributed by atoms with van der Waals surface area (Å²) in [4.78, 5) is 0. The van der Waals surface area contributed by atoms with Crippen molar-refractivity contribution >= 4 is 0 Å². The molecule has 0 amide bonds. The minimum absolute atomic E-state index is 0.229. The molecular formula is C14H21F2NO3. The highest BCUT2D eigenvalue weighted by Crippen LogP contribution is 2.14. The number of hydrogen-bond donors (Lipinski definition) is 1. The Morgan fingerprint density at radius 2 is 1.80 bits per heavy atom. The molecule has 0 aromatic heterocycles. The van der Waals surface area contributed by atoms with Crippen LogP contribution in [0.5, 0.6) is 0 Å². The molecule has 0 radical (unpaired) electrons. The maximum atomic E-state index is 13.0. The Kier molecular flexibility index (Phi) is 8.29. The van der Waals surface area contributed by atoms with Crippen LogP contribution in [0, 0.1) is 11.6 Å². The number of ether oxygens (including phenoxy) is 3. The van der Waals surface area contributed by atoms with Gasteiger partial charge in [0.1, 0.15) is 0 Å². The first-order valence-corrected chi connectivity index (χ1v) is 6.50. The van der Waals surface area contributed by atoms with Gasteiger partial charge in [0.05, 0.1) is 25.9 Å². The topological polar surface area (TPSA) is 53.7 Å². The lowest BCUT2D eigenvalue weighted by Crippen LogP contribution is -2.19. The second-order valence-corrected chi connectivity index (χ2v) is 4.31. The van der Waals surface area contributed by atoms with Crippen molar-refractivity contribution in [3.8, 4) is 0 Å². The zero-order chi connectivity index (χ0) is 14.8. The van der Waals surface area contributed by atoms with Gasteiger partial charge >= 0.3 is 0 Å². The predicted octanol–water partition coefficient (Wildman–Crippen LogP) is 2.03. The second-order valence-electron chi connectivity index (χ2n) is 4.31. The van der Waals surface area contributed by atoms with E-state index in [0.29, 0.717) is 32.0 Å². The molecule has 6 heteroatoms. The van der Waals surface area contributed by atoms with E-state index in [-0.39, 0.29) is 6.61 Å². The van der Waals surface area contributed by atoms with Gasteiger partial charge in [-0.2, -0.15) is 0 Å². The average molecular weight is 289 g/mol. The number of hydrogen-bond acceptors (Lipinski definition) is 4. The Morgan fingerprint density at radius 1 is 1.05 bits per heavy atom. The molecule has 0 bridgehead atoms. The zero-order valence-electron chi connectivity index (χ0n) is 11.6. The fraction of sp³-hybridized carbons (Fsp3) is 0.571. The predicted molar refractivity (Wildman–Crippen MR) is 71.4 cm³/mol. The van der Waals surface area contributed by atoms with Crippen molar-refractivity contribution < 1.29 is 23.0 Å². The normalized spacial score (nSPS) is 12.6. The van der Waals surface area contributed by atoms with Crippen LogP contribution in [-0.2, 0) is 14.2 Å². The Balaban J connectivity index is 2.13. The molecule has 0 heterocycles. The van der Waals surface area contributed by atoms with Crippen LogP contribution in [0.4, 0.5) is 8.78 Å². The van der Waals surface area contributed by atoms with Crippen LogP contribution in [-0.4, -0.2) is 40.1 Å². The molecule has 2 N–H and O–H groups in total. The van der Waals surface area contributed by atoms with E-state index in [4.69, 9.17) is 19.9 Å². The highest BCUT2D eigenvalue weighted by molar-refractivity contribution is 5.20. The third-order valence-corrected chi connectivity index (χ3v) is 2.68. The standard InChI is InChI=1S/C14H21F2NO3/c1-18-5-2-6-19-7-8-20-10-14(17)11-3-4-12(15)13(16)9-11/h3-4,9,14H,2,5-8,10,17H2,1H3. The second kappa shape index (κ2) is 9.77. The van der Waals surface area contributed by atoms with Crippen LogP contribution in [0.1, 0.15) is 18.0 Å². The van der Waals surface area contributed by atoms with Gasteiger partial charge in [-0.05, 0) is 24.1 Å². The van der Waals surface area contributed by atoms with Gasteiger partial charge in [-0.25, -0.2) is 8.78 Å². The van der Waals surface area contributed by atoms with Crippen LogP contribution in [0.25, 0.3) is 0 Å². The van der Waals surface area contributed by atoms with Gasteiger partial charge < -0.3 is 19.9 Å². The van der Waals surface area contributed by atoms with Crippen LogP contribution >= 0.6 is 0 Å². The van der Waals surface area contributed by atoms with Gasteiger partial charge in [0, 0.05) is 20.3 Å². The van der Waals surface area contributed by atoms with Crippen molar-refractivity contribution in [1.82, 2.24) is 0 Å². The first kappa shape index (κ1) is 17.0. The molecule has 0 saturated heterocycles. The molecule has 1 aromatic carbocycles. The molecule has 0 fully saturated rings.